The van der Waals surface area contributed by atoms with Gasteiger partial charge in [0.1, 0.15) is 22.8 Å². The summed E-state index contributed by atoms with van der Waals surface area (Å²) < 4.78 is 53.2. The molecule has 0 amide bonds. The first-order valence-corrected chi connectivity index (χ1v) is 13.6. The molecule has 2 aromatic carbocycles. The zero-order valence-electron chi connectivity index (χ0n) is 22.7. The molecular weight excluding hydrogens is 533 g/mol. The monoisotopic (exact) mass is 564 g/mol. The van der Waals surface area contributed by atoms with E-state index in [1.807, 2.05) is 48.5 Å². The van der Waals surface area contributed by atoms with E-state index in [4.69, 9.17) is 9.15 Å². The van der Waals surface area contributed by atoms with Gasteiger partial charge < -0.3 is 24.7 Å². The maximum atomic E-state index is 14.0. The van der Waals surface area contributed by atoms with Crippen molar-refractivity contribution < 1.29 is 22.3 Å². The van der Waals surface area contributed by atoms with Gasteiger partial charge >= 0.3 is 6.18 Å². The summed E-state index contributed by atoms with van der Waals surface area (Å²) in [5.74, 6) is 1.64. The van der Waals surface area contributed by atoms with E-state index in [0.29, 0.717) is 31.0 Å². The van der Waals surface area contributed by atoms with Gasteiger partial charge in [-0.15, -0.1) is 0 Å². The summed E-state index contributed by atoms with van der Waals surface area (Å²) in [5, 5.41) is 6.38. The number of anilines is 3. The molecule has 6 rings (SSSR count). The van der Waals surface area contributed by atoms with E-state index in [9.17, 15) is 13.2 Å². The van der Waals surface area contributed by atoms with Crippen molar-refractivity contribution in [1.82, 2.24) is 20.2 Å². The van der Waals surface area contributed by atoms with Gasteiger partial charge in [0.15, 0.2) is 5.76 Å². The number of piperazine rings is 1. The fraction of sp³-hybridized carbons (Fsp3) is 0.333. The van der Waals surface area contributed by atoms with Gasteiger partial charge in [-0.1, -0.05) is 12.1 Å². The van der Waals surface area contributed by atoms with Crippen LogP contribution in [0.2, 0.25) is 0 Å². The highest BCUT2D eigenvalue weighted by atomic mass is 19.4. The minimum Gasteiger partial charge on any atom is -0.497 e. The summed E-state index contributed by atoms with van der Waals surface area (Å²) in [6.07, 6.45) is -3.22. The van der Waals surface area contributed by atoms with E-state index < -0.39 is 11.7 Å². The van der Waals surface area contributed by atoms with Gasteiger partial charge in [-0.05, 0) is 48.0 Å². The first-order valence-electron chi connectivity index (χ1n) is 13.6. The average molecular weight is 565 g/mol. The topological polar surface area (TPSA) is 78.7 Å². The Morgan fingerprint density at radius 1 is 1.02 bits per heavy atom. The van der Waals surface area contributed by atoms with Crippen molar-refractivity contribution in [3.05, 3.63) is 83.2 Å². The molecule has 8 nitrogen and oxygen atoms in total. The maximum Gasteiger partial charge on any atom is 0.420 e. The Morgan fingerprint density at radius 2 is 1.78 bits per heavy atom. The summed E-state index contributed by atoms with van der Waals surface area (Å²) in [6, 6.07) is 17.3. The molecule has 1 fully saturated rings. The quantitative estimate of drug-likeness (QED) is 0.306. The number of ether oxygens (including phenoxy) is 1. The number of aromatic nitrogens is 2. The molecule has 2 aliphatic heterocycles. The lowest BCUT2D eigenvalue weighted by Crippen LogP contribution is -2.43. The molecule has 214 valence electrons. The average Bonchev–Trinajstić information content (AvgIpc) is 3.41. The van der Waals surface area contributed by atoms with Crippen LogP contribution in [0.1, 0.15) is 22.5 Å². The third kappa shape index (κ3) is 6.15. The van der Waals surface area contributed by atoms with Crippen LogP contribution in [0, 0.1) is 0 Å². The van der Waals surface area contributed by atoms with Crippen molar-refractivity contribution in [2.75, 3.05) is 50.1 Å². The van der Waals surface area contributed by atoms with Crippen LogP contribution < -0.4 is 20.3 Å². The first-order chi connectivity index (χ1) is 19.9. The summed E-state index contributed by atoms with van der Waals surface area (Å²) >= 11 is 0. The Kier molecular flexibility index (Phi) is 7.55. The zero-order chi connectivity index (χ0) is 28.4. The Hall–Kier alpha value is -4.09. The molecule has 11 heteroatoms. The molecule has 4 heterocycles. The number of furan rings is 1. The molecule has 1 saturated heterocycles. The van der Waals surface area contributed by atoms with Crippen LogP contribution in [0.5, 0.6) is 5.75 Å². The Bertz CT molecular complexity index is 1480. The highest BCUT2D eigenvalue weighted by molar-refractivity contribution is 5.64. The highest BCUT2D eigenvalue weighted by Crippen LogP contribution is 2.38. The SMILES string of the molecule is COc1ccc(CN2CCc3oc(-c4nc(Nc5ccc(N6CCNCC6)cc5)ncc4C(F)(F)F)cc3C2)cc1. The predicted molar refractivity (Wildman–Crippen MR) is 150 cm³/mol. The second-order valence-electron chi connectivity index (χ2n) is 10.2. The van der Waals surface area contributed by atoms with Crippen molar-refractivity contribution in [1.29, 1.82) is 0 Å². The standard InChI is InChI=1S/C30H31F3N6O2/c1-40-24-8-2-20(3-9-24)18-38-13-10-26-21(19-38)16-27(41-26)28-25(30(31,32)33)17-35-29(37-28)36-22-4-6-23(7-5-22)39-14-11-34-12-15-39/h2-9,16-17,34H,10-15,18-19H2,1H3,(H,35,36,37). The molecule has 4 aromatic rings. The normalized spacial score (nSPS) is 16.0. The number of methoxy groups -OCH3 is 1. The van der Waals surface area contributed by atoms with E-state index in [0.717, 1.165) is 61.5 Å². The van der Waals surface area contributed by atoms with Gasteiger partial charge in [-0.25, -0.2) is 9.97 Å². The van der Waals surface area contributed by atoms with E-state index in [1.165, 1.54) is 0 Å². The lowest BCUT2D eigenvalue weighted by atomic mass is 10.1. The lowest BCUT2D eigenvalue weighted by molar-refractivity contribution is -0.137. The third-order valence-electron chi connectivity index (χ3n) is 7.44. The molecule has 0 radical (unpaired) electrons. The molecule has 0 atom stereocenters. The molecule has 0 spiro atoms. The predicted octanol–water partition coefficient (Wildman–Crippen LogP) is 5.48. The van der Waals surface area contributed by atoms with Gasteiger partial charge in [0.25, 0.3) is 0 Å². The number of alkyl halides is 3. The van der Waals surface area contributed by atoms with Crippen molar-refractivity contribution in [3.63, 3.8) is 0 Å². The van der Waals surface area contributed by atoms with Gasteiger partial charge in [-0.2, -0.15) is 13.2 Å². The molecular formula is C30H31F3N6O2. The van der Waals surface area contributed by atoms with E-state index in [2.05, 4.69) is 30.4 Å². The molecule has 2 aromatic heterocycles. The third-order valence-corrected chi connectivity index (χ3v) is 7.44. The molecule has 0 saturated carbocycles. The zero-order valence-corrected chi connectivity index (χ0v) is 22.7. The summed E-state index contributed by atoms with van der Waals surface area (Å²) in [6.45, 7) is 5.72. The van der Waals surface area contributed by atoms with Crippen LogP contribution in [0.15, 0.2) is 65.2 Å². The molecule has 41 heavy (non-hydrogen) atoms. The fourth-order valence-electron chi connectivity index (χ4n) is 5.28. The minimum absolute atomic E-state index is 0.0680. The smallest absolute Gasteiger partial charge is 0.420 e. The summed E-state index contributed by atoms with van der Waals surface area (Å²) in [5.41, 5.74) is 2.56. The number of nitrogens with one attached hydrogen (secondary N) is 2. The van der Waals surface area contributed by atoms with Gasteiger partial charge in [0, 0.05) is 75.4 Å². The summed E-state index contributed by atoms with van der Waals surface area (Å²) in [7, 11) is 1.63. The number of benzene rings is 2. The van der Waals surface area contributed by atoms with Crippen molar-refractivity contribution in [2.45, 2.75) is 25.7 Å². The number of hydrogen-bond acceptors (Lipinski definition) is 8. The molecule has 0 aliphatic carbocycles. The first kappa shape index (κ1) is 27.1. The van der Waals surface area contributed by atoms with Gasteiger partial charge in [0.05, 0.1) is 7.11 Å². The van der Waals surface area contributed by atoms with Gasteiger partial charge in [0.2, 0.25) is 5.95 Å². The van der Waals surface area contributed by atoms with Crippen LogP contribution in [0.25, 0.3) is 11.5 Å². The lowest BCUT2D eigenvalue weighted by Gasteiger charge is -2.29. The van der Waals surface area contributed by atoms with Crippen LogP contribution in [0.4, 0.5) is 30.5 Å². The number of nitrogens with zero attached hydrogens (tertiary/aromatic N) is 4. The largest absolute Gasteiger partial charge is 0.497 e. The van der Waals surface area contributed by atoms with E-state index in [-0.39, 0.29) is 17.4 Å². The fourth-order valence-corrected chi connectivity index (χ4v) is 5.28. The second kappa shape index (κ2) is 11.4. The summed E-state index contributed by atoms with van der Waals surface area (Å²) in [4.78, 5) is 12.8. The van der Waals surface area contributed by atoms with Gasteiger partial charge in [-0.3, -0.25) is 4.90 Å². The van der Waals surface area contributed by atoms with Crippen molar-refractivity contribution >= 4 is 17.3 Å². The molecule has 2 aliphatic rings. The van der Waals surface area contributed by atoms with Crippen molar-refractivity contribution in [3.8, 4) is 17.2 Å². The Labute approximate surface area is 236 Å². The number of hydrogen-bond donors (Lipinski definition) is 2. The van der Waals surface area contributed by atoms with Crippen molar-refractivity contribution in [2.24, 2.45) is 0 Å². The minimum atomic E-state index is -4.63. The number of rotatable bonds is 7. The van der Waals surface area contributed by atoms with Crippen LogP contribution in [0.3, 0.4) is 0 Å². The van der Waals surface area contributed by atoms with Crippen LogP contribution in [-0.2, 0) is 25.7 Å². The van der Waals surface area contributed by atoms with Crippen LogP contribution in [-0.4, -0.2) is 54.7 Å². The highest BCUT2D eigenvalue weighted by Gasteiger charge is 2.37. The Balaban J connectivity index is 1.21. The number of halogens is 3. The molecule has 0 unspecified atom stereocenters. The maximum absolute atomic E-state index is 14.0. The van der Waals surface area contributed by atoms with E-state index >= 15 is 0 Å². The molecule has 2 N–H and O–H groups in total. The second-order valence-corrected chi connectivity index (χ2v) is 10.2. The van der Waals surface area contributed by atoms with E-state index in [1.54, 1.807) is 13.2 Å². The number of fused-ring (bicyclic) bond motifs is 1. The molecule has 0 bridgehead atoms. The Morgan fingerprint density at radius 3 is 2.49 bits per heavy atom. The van der Waals surface area contributed by atoms with Crippen LogP contribution >= 0.6 is 0 Å².